The predicted molar refractivity (Wildman–Crippen MR) is 90.1 cm³/mol. The standard InChI is InChI=1S/C17H20FN5O2/c1-4-22-11-20-21-16(22)5-7-23-8-6-19-17(23)12-9-14(24-2)15(25-3)10-13(12)18/h6,8-11H,4-5,7H2,1-3H3. The van der Waals surface area contributed by atoms with Crippen LogP contribution in [0, 0.1) is 5.82 Å². The van der Waals surface area contributed by atoms with Crippen LogP contribution in [0.4, 0.5) is 4.39 Å². The Bertz CT molecular complexity index is 859. The molecule has 3 aromatic rings. The fourth-order valence-electron chi connectivity index (χ4n) is 2.72. The number of imidazole rings is 1. The lowest BCUT2D eigenvalue weighted by atomic mass is 10.1. The summed E-state index contributed by atoms with van der Waals surface area (Å²) in [4.78, 5) is 4.30. The Morgan fingerprint density at radius 2 is 1.88 bits per heavy atom. The fourth-order valence-corrected chi connectivity index (χ4v) is 2.72. The van der Waals surface area contributed by atoms with Crippen LogP contribution in [-0.4, -0.2) is 38.5 Å². The average Bonchev–Trinajstić information content (AvgIpc) is 3.28. The van der Waals surface area contributed by atoms with E-state index in [9.17, 15) is 4.39 Å². The lowest BCUT2D eigenvalue weighted by Crippen LogP contribution is -2.08. The van der Waals surface area contributed by atoms with E-state index >= 15 is 0 Å². The van der Waals surface area contributed by atoms with Crippen molar-refractivity contribution in [3.8, 4) is 22.9 Å². The Kier molecular flexibility index (Phi) is 4.97. The minimum absolute atomic E-state index is 0.345. The molecular weight excluding hydrogens is 325 g/mol. The van der Waals surface area contributed by atoms with E-state index in [2.05, 4.69) is 15.2 Å². The van der Waals surface area contributed by atoms with Crippen LogP contribution in [-0.2, 0) is 19.5 Å². The number of hydrogen-bond acceptors (Lipinski definition) is 5. The van der Waals surface area contributed by atoms with Gasteiger partial charge in [-0.15, -0.1) is 10.2 Å². The molecule has 3 rings (SSSR count). The first kappa shape index (κ1) is 16.9. The molecule has 0 amide bonds. The molecule has 1 aromatic carbocycles. The molecule has 2 aromatic heterocycles. The van der Waals surface area contributed by atoms with E-state index in [4.69, 9.17) is 9.47 Å². The molecule has 8 heteroatoms. The van der Waals surface area contributed by atoms with Gasteiger partial charge in [0.05, 0.1) is 19.8 Å². The van der Waals surface area contributed by atoms with Gasteiger partial charge in [0, 0.05) is 38.0 Å². The van der Waals surface area contributed by atoms with E-state index in [0.717, 1.165) is 12.4 Å². The maximum atomic E-state index is 14.5. The Morgan fingerprint density at radius 1 is 1.12 bits per heavy atom. The molecule has 0 unspecified atom stereocenters. The minimum Gasteiger partial charge on any atom is -0.493 e. The van der Waals surface area contributed by atoms with Gasteiger partial charge in [-0.2, -0.15) is 0 Å². The lowest BCUT2D eigenvalue weighted by molar-refractivity contribution is 0.352. The molecule has 0 saturated heterocycles. The van der Waals surface area contributed by atoms with E-state index in [1.54, 1.807) is 18.6 Å². The summed E-state index contributed by atoms with van der Waals surface area (Å²) >= 11 is 0. The van der Waals surface area contributed by atoms with Crippen LogP contribution in [0.2, 0.25) is 0 Å². The minimum atomic E-state index is -0.415. The van der Waals surface area contributed by atoms with Crippen LogP contribution >= 0.6 is 0 Å². The van der Waals surface area contributed by atoms with Crippen LogP contribution in [0.1, 0.15) is 12.7 Å². The number of aryl methyl sites for hydroxylation is 3. The Hall–Kier alpha value is -2.90. The third-order valence-electron chi connectivity index (χ3n) is 4.04. The maximum Gasteiger partial charge on any atom is 0.163 e. The van der Waals surface area contributed by atoms with Crippen LogP contribution < -0.4 is 9.47 Å². The van der Waals surface area contributed by atoms with Crippen molar-refractivity contribution >= 4 is 0 Å². The summed E-state index contributed by atoms with van der Waals surface area (Å²) in [5, 5.41) is 8.05. The van der Waals surface area contributed by atoms with Crippen LogP contribution in [0.25, 0.3) is 11.4 Å². The van der Waals surface area contributed by atoms with Crippen molar-refractivity contribution in [3.63, 3.8) is 0 Å². The molecule has 0 bridgehead atoms. The number of halogens is 1. The van der Waals surface area contributed by atoms with Gasteiger partial charge >= 0.3 is 0 Å². The summed E-state index contributed by atoms with van der Waals surface area (Å²) < 4.78 is 28.8. The Labute approximate surface area is 145 Å². The molecule has 0 radical (unpaired) electrons. The summed E-state index contributed by atoms with van der Waals surface area (Å²) in [5.74, 6) is 1.80. The Balaban J connectivity index is 1.89. The van der Waals surface area contributed by atoms with Crippen LogP contribution in [0.15, 0.2) is 30.9 Å². The van der Waals surface area contributed by atoms with Crippen LogP contribution in [0.5, 0.6) is 11.5 Å². The van der Waals surface area contributed by atoms with Crippen molar-refractivity contribution in [3.05, 3.63) is 42.5 Å². The maximum absolute atomic E-state index is 14.5. The number of ether oxygens (including phenoxy) is 2. The van der Waals surface area contributed by atoms with E-state index in [0.29, 0.717) is 35.9 Å². The largest absolute Gasteiger partial charge is 0.493 e. The van der Waals surface area contributed by atoms with Crippen molar-refractivity contribution in [2.45, 2.75) is 26.4 Å². The van der Waals surface area contributed by atoms with Crippen molar-refractivity contribution in [1.29, 1.82) is 0 Å². The molecule has 0 aliphatic rings. The van der Waals surface area contributed by atoms with Crippen molar-refractivity contribution in [1.82, 2.24) is 24.3 Å². The van der Waals surface area contributed by atoms with Gasteiger partial charge in [-0.1, -0.05) is 0 Å². The molecule has 0 atom stereocenters. The summed E-state index contributed by atoms with van der Waals surface area (Å²) in [7, 11) is 2.99. The van der Waals surface area contributed by atoms with Gasteiger partial charge < -0.3 is 18.6 Å². The highest BCUT2D eigenvalue weighted by atomic mass is 19.1. The topological polar surface area (TPSA) is 67.0 Å². The lowest BCUT2D eigenvalue weighted by Gasteiger charge is -2.12. The van der Waals surface area contributed by atoms with Gasteiger partial charge in [0.1, 0.15) is 23.8 Å². The fraction of sp³-hybridized carbons (Fsp3) is 0.353. The van der Waals surface area contributed by atoms with E-state index in [1.807, 2.05) is 22.3 Å². The van der Waals surface area contributed by atoms with Gasteiger partial charge in [0.15, 0.2) is 11.5 Å². The van der Waals surface area contributed by atoms with E-state index < -0.39 is 5.82 Å². The monoisotopic (exact) mass is 345 g/mol. The smallest absolute Gasteiger partial charge is 0.163 e. The molecular formula is C17H20FN5O2. The van der Waals surface area contributed by atoms with Crippen LogP contribution in [0.3, 0.4) is 0 Å². The zero-order valence-electron chi connectivity index (χ0n) is 14.4. The summed E-state index contributed by atoms with van der Waals surface area (Å²) in [6.45, 7) is 3.46. The number of hydrogen-bond donors (Lipinski definition) is 0. The van der Waals surface area contributed by atoms with Crippen molar-refractivity contribution in [2.24, 2.45) is 0 Å². The van der Waals surface area contributed by atoms with E-state index in [1.165, 1.54) is 20.3 Å². The molecule has 25 heavy (non-hydrogen) atoms. The second kappa shape index (κ2) is 7.33. The van der Waals surface area contributed by atoms with Gasteiger partial charge in [-0.05, 0) is 13.0 Å². The normalized spacial score (nSPS) is 10.9. The first-order valence-corrected chi connectivity index (χ1v) is 7.97. The summed E-state index contributed by atoms with van der Waals surface area (Å²) in [5.41, 5.74) is 0.361. The molecule has 7 nitrogen and oxygen atoms in total. The SMILES string of the molecule is CCn1cnnc1CCn1ccnc1-c1cc(OC)c(OC)cc1F. The van der Waals surface area contributed by atoms with E-state index in [-0.39, 0.29) is 0 Å². The molecule has 0 aliphatic carbocycles. The molecule has 0 saturated carbocycles. The zero-order chi connectivity index (χ0) is 17.8. The third kappa shape index (κ3) is 3.33. The first-order chi connectivity index (χ1) is 12.2. The first-order valence-electron chi connectivity index (χ1n) is 7.97. The predicted octanol–water partition coefficient (Wildman–Crippen LogP) is 2.56. The zero-order valence-corrected chi connectivity index (χ0v) is 14.4. The number of aromatic nitrogens is 5. The second-order valence-corrected chi connectivity index (χ2v) is 5.41. The summed E-state index contributed by atoms with van der Waals surface area (Å²) in [6, 6.07) is 2.91. The highest BCUT2D eigenvalue weighted by Gasteiger charge is 2.17. The number of rotatable bonds is 7. The van der Waals surface area contributed by atoms with Crippen molar-refractivity contribution in [2.75, 3.05) is 14.2 Å². The second-order valence-electron chi connectivity index (χ2n) is 5.41. The molecule has 0 fully saturated rings. The highest BCUT2D eigenvalue weighted by Crippen LogP contribution is 2.34. The van der Waals surface area contributed by atoms with Gasteiger partial charge in [0.2, 0.25) is 0 Å². The summed E-state index contributed by atoms with van der Waals surface area (Å²) in [6.07, 6.45) is 5.85. The molecule has 132 valence electrons. The third-order valence-corrected chi connectivity index (χ3v) is 4.04. The quantitative estimate of drug-likeness (QED) is 0.658. The molecule has 0 spiro atoms. The molecule has 0 aliphatic heterocycles. The molecule has 0 N–H and O–H groups in total. The number of methoxy groups -OCH3 is 2. The van der Waals surface area contributed by atoms with Gasteiger partial charge in [-0.25, -0.2) is 9.37 Å². The van der Waals surface area contributed by atoms with Gasteiger partial charge in [-0.3, -0.25) is 0 Å². The molecule has 2 heterocycles. The average molecular weight is 345 g/mol. The number of benzene rings is 1. The van der Waals surface area contributed by atoms with Gasteiger partial charge in [0.25, 0.3) is 0 Å². The highest BCUT2D eigenvalue weighted by molar-refractivity contribution is 5.62. The van der Waals surface area contributed by atoms with Crippen molar-refractivity contribution < 1.29 is 13.9 Å². The Morgan fingerprint density at radius 3 is 2.60 bits per heavy atom. The number of nitrogens with zero attached hydrogens (tertiary/aromatic N) is 5.